The molecular formula is C32H23N3. The third-order valence-corrected chi connectivity index (χ3v) is 7.01. The van der Waals surface area contributed by atoms with Gasteiger partial charge in [-0.15, -0.1) is 0 Å². The van der Waals surface area contributed by atoms with E-state index in [0.717, 1.165) is 24.2 Å². The number of rotatable bonds is 4. The Labute approximate surface area is 204 Å². The summed E-state index contributed by atoms with van der Waals surface area (Å²) in [6.45, 7) is 0. The molecule has 0 spiro atoms. The Bertz CT molecular complexity index is 1620. The Morgan fingerprint density at radius 2 is 1.43 bits per heavy atom. The van der Waals surface area contributed by atoms with Gasteiger partial charge in [0, 0.05) is 30.0 Å². The number of aromatic nitrogens is 1. The quantitative estimate of drug-likeness (QED) is 0.270. The molecule has 2 aliphatic rings. The van der Waals surface area contributed by atoms with Gasteiger partial charge in [0.05, 0.1) is 11.9 Å². The molecule has 5 aromatic rings. The van der Waals surface area contributed by atoms with Crippen LogP contribution in [0.1, 0.15) is 12.8 Å². The molecule has 0 fully saturated rings. The van der Waals surface area contributed by atoms with Crippen LogP contribution in [0, 0.1) is 0 Å². The van der Waals surface area contributed by atoms with Gasteiger partial charge in [-0.3, -0.25) is 9.98 Å². The van der Waals surface area contributed by atoms with Crippen molar-refractivity contribution in [3.05, 3.63) is 115 Å². The predicted molar refractivity (Wildman–Crippen MR) is 146 cm³/mol. The Morgan fingerprint density at radius 1 is 0.657 bits per heavy atom. The molecule has 4 aromatic carbocycles. The van der Waals surface area contributed by atoms with Gasteiger partial charge in [0.15, 0.2) is 0 Å². The highest BCUT2D eigenvalue weighted by Gasteiger charge is 2.23. The number of pyridine rings is 1. The van der Waals surface area contributed by atoms with Gasteiger partial charge in [0.2, 0.25) is 0 Å². The van der Waals surface area contributed by atoms with Gasteiger partial charge in [-0.1, -0.05) is 66.7 Å². The third kappa shape index (κ3) is 3.20. The molecule has 1 aliphatic heterocycles. The molecule has 0 radical (unpaired) electrons. The highest BCUT2D eigenvalue weighted by atomic mass is 15.2. The lowest BCUT2D eigenvalue weighted by atomic mass is 9.94. The summed E-state index contributed by atoms with van der Waals surface area (Å²) in [7, 11) is 0. The molecule has 1 aliphatic carbocycles. The van der Waals surface area contributed by atoms with Crippen LogP contribution in [0.2, 0.25) is 0 Å². The fraction of sp³-hybridized carbons (Fsp3) is 0.0625. The Kier molecular flexibility index (Phi) is 4.59. The lowest BCUT2D eigenvalue weighted by molar-refractivity contribution is 0.938. The highest BCUT2D eigenvalue weighted by Crippen LogP contribution is 2.49. The van der Waals surface area contributed by atoms with Gasteiger partial charge < -0.3 is 4.90 Å². The number of benzene rings is 4. The molecule has 0 unspecified atom stereocenters. The van der Waals surface area contributed by atoms with E-state index in [1.807, 2.05) is 30.9 Å². The second-order valence-electron chi connectivity index (χ2n) is 9.02. The minimum Gasteiger partial charge on any atom is -0.311 e. The molecule has 0 atom stereocenters. The van der Waals surface area contributed by atoms with Gasteiger partial charge >= 0.3 is 0 Å². The van der Waals surface area contributed by atoms with E-state index < -0.39 is 0 Å². The van der Waals surface area contributed by atoms with Crippen LogP contribution >= 0.6 is 0 Å². The number of fused-ring (bicyclic) bond motifs is 3. The summed E-state index contributed by atoms with van der Waals surface area (Å²) >= 11 is 0. The van der Waals surface area contributed by atoms with E-state index in [1.165, 1.54) is 49.9 Å². The normalized spacial score (nSPS) is 13.5. The maximum absolute atomic E-state index is 4.45. The summed E-state index contributed by atoms with van der Waals surface area (Å²) in [5, 5.41) is 2.65. The first-order valence-corrected chi connectivity index (χ1v) is 12.1. The monoisotopic (exact) mass is 449 g/mol. The SMILES string of the molecule is C1=NC=C(N(c2cccnc2)c2cccc(-c3ccc4c5c(cccc35)-c3ccccc3-4)c2)CC1. The van der Waals surface area contributed by atoms with Crippen LogP contribution in [-0.4, -0.2) is 11.2 Å². The second kappa shape index (κ2) is 8.07. The maximum Gasteiger partial charge on any atom is 0.0642 e. The fourth-order valence-corrected chi connectivity index (χ4v) is 5.50. The molecule has 0 bridgehead atoms. The number of allylic oxidation sites excluding steroid dienone is 1. The number of anilines is 2. The van der Waals surface area contributed by atoms with Crippen molar-refractivity contribution in [1.82, 2.24) is 4.98 Å². The van der Waals surface area contributed by atoms with E-state index in [4.69, 9.17) is 0 Å². The topological polar surface area (TPSA) is 28.5 Å². The average Bonchev–Trinajstić information content (AvgIpc) is 3.26. The van der Waals surface area contributed by atoms with Crippen LogP contribution in [-0.2, 0) is 0 Å². The van der Waals surface area contributed by atoms with Crippen molar-refractivity contribution in [2.75, 3.05) is 4.90 Å². The molecule has 1 aromatic heterocycles. The van der Waals surface area contributed by atoms with E-state index in [2.05, 4.69) is 99.8 Å². The summed E-state index contributed by atoms with van der Waals surface area (Å²) in [4.78, 5) is 11.1. The van der Waals surface area contributed by atoms with Crippen molar-refractivity contribution in [2.45, 2.75) is 12.8 Å². The lowest BCUT2D eigenvalue weighted by Gasteiger charge is -2.28. The number of hydrogen-bond donors (Lipinski definition) is 0. The standard InChI is InChI=1S/C32H23N3/c1-2-12-28-27(11-1)30-14-4-13-29-26(15-16-31(28)32(29)30)22-7-3-8-23(19-22)35(24-9-5-17-33-20-24)25-10-6-18-34-21-25/h1-5,7-9,11-21H,6,10H2. The Hall–Kier alpha value is -4.50. The van der Waals surface area contributed by atoms with E-state index in [1.54, 1.807) is 0 Å². The van der Waals surface area contributed by atoms with E-state index >= 15 is 0 Å². The van der Waals surface area contributed by atoms with Crippen molar-refractivity contribution >= 4 is 28.4 Å². The largest absolute Gasteiger partial charge is 0.311 e. The van der Waals surface area contributed by atoms with Crippen LogP contribution in [0.3, 0.4) is 0 Å². The summed E-state index contributed by atoms with van der Waals surface area (Å²) in [6, 6.07) is 32.9. The minimum absolute atomic E-state index is 0.942. The van der Waals surface area contributed by atoms with E-state index in [0.29, 0.717) is 0 Å². The number of hydrogen-bond acceptors (Lipinski definition) is 3. The first kappa shape index (κ1) is 19.9. The second-order valence-corrected chi connectivity index (χ2v) is 9.02. The molecule has 0 amide bonds. The molecule has 35 heavy (non-hydrogen) atoms. The zero-order valence-corrected chi connectivity index (χ0v) is 19.2. The van der Waals surface area contributed by atoms with Crippen LogP contribution in [0.4, 0.5) is 11.4 Å². The Balaban J connectivity index is 1.40. The predicted octanol–water partition coefficient (Wildman–Crippen LogP) is 8.39. The zero-order valence-electron chi connectivity index (χ0n) is 19.2. The minimum atomic E-state index is 0.942. The van der Waals surface area contributed by atoms with E-state index in [-0.39, 0.29) is 0 Å². The molecule has 3 nitrogen and oxygen atoms in total. The molecule has 3 heteroatoms. The summed E-state index contributed by atoms with van der Waals surface area (Å²) in [5.41, 5.74) is 11.1. The molecule has 0 saturated carbocycles. The van der Waals surface area contributed by atoms with Crippen LogP contribution in [0.25, 0.3) is 44.2 Å². The first-order chi connectivity index (χ1) is 17.4. The average molecular weight is 450 g/mol. The molecule has 2 heterocycles. The van der Waals surface area contributed by atoms with E-state index in [9.17, 15) is 0 Å². The van der Waals surface area contributed by atoms with Crippen molar-refractivity contribution in [1.29, 1.82) is 0 Å². The van der Waals surface area contributed by atoms with Crippen molar-refractivity contribution in [2.24, 2.45) is 4.99 Å². The van der Waals surface area contributed by atoms with Crippen LogP contribution in [0.5, 0.6) is 0 Å². The molecule has 7 rings (SSSR count). The van der Waals surface area contributed by atoms with Gasteiger partial charge in [0.1, 0.15) is 0 Å². The number of aliphatic imine (C=N–C) groups is 1. The van der Waals surface area contributed by atoms with Crippen molar-refractivity contribution in [3.63, 3.8) is 0 Å². The third-order valence-electron chi connectivity index (χ3n) is 7.01. The fourth-order valence-electron chi connectivity index (χ4n) is 5.50. The zero-order chi connectivity index (χ0) is 23.2. The highest BCUT2D eigenvalue weighted by molar-refractivity contribution is 6.18. The molecular weight excluding hydrogens is 426 g/mol. The van der Waals surface area contributed by atoms with Crippen LogP contribution in [0.15, 0.2) is 120 Å². The molecule has 0 saturated heterocycles. The van der Waals surface area contributed by atoms with Gasteiger partial charge in [0.25, 0.3) is 0 Å². The smallest absolute Gasteiger partial charge is 0.0642 e. The summed E-state index contributed by atoms with van der Waals surface area (Å²) in [5.74, 6) is 0. The first-order valence-electron chi connectivity index (χ1n) is 12.1. The molecule has 166 valence electrons. The number of nitrogens with zero attached hydrogens (tertiary/aromatic N) is 3. The lowest BCUT2D eigenvalue weighted by Crippen LogP contribution is -2.18. The van der Waals surface area contributed by atoms with Gasteiger partial charge in [-0.05, 0) is 81.3 Å². The Morgan fingerprint density at radius 3 is 2.23 bits per heavy atom. The maximum atomic E-state index is 4.45. The van der Waals surface area contributed by atoms with Gasteiger partial charge in [-0.25, -0.2) is 0 Å². The summed E-state index contributed by atoms with van der Waals surface area (Å²) < 4.78 is 0. The van der Waals surface area contributed by atoms with Crippen LogP contribution < -0.4 is 4.90 Å². The van der Waals surface area contributed by atoms with Gasteiger partial charge in [-0.2, -0.15) is 0 Å². The van der Waals surface area contributed by atoms with Crippen molar-refractivity contribution in [3.8, 4) is 33.4 Å². The van der Waals surface area contributed by atoms with Crippen molar-refractivity contribution < 1.29 is 0 Å². The molecule has 0 N–H and O–H groups in total. The summed E-state index contributed by atoms with van der Waals surface area (Å²) in [6.07, 6.45) is 9.57.